The summed E-state index contributed by atoms with van der Waals surface area (Å²) in [4.78, 5) is 2.43. The number of nitrogens with one attached hydrogen (secondary N) is 1. The average molecular weight is 253 g/mol. The lowest BCUT2D eigenvalue weighted by Gasteiger charge is -2.24. The number of hydrogen-bond acceptors (Lipinski definition) is 2. The standard InChI is InChI=1S/C14H21ClN2/c1-11(12-7-8-12)17(2)10-9-16-14-6-4-3-5-13(14)15/h3-6,11-12,16H,7-10H2,1-2H3. The van der Waals surface area contributed by atoms with Crippen molar-refractivity contribution in [3.63, 3.8) is 0 Å². The van der Waals surface area contributed by atoms with Gasteiger partial charge in [-0.15, -0.1) is 0 Å². The maximum atomic E-state index is 6.09. The first-order valence-electron chi connectivity index (χ1n) is 6.37. The number of hydrogen-bond donors (Lipinski definition) is 1. The van der Waals surface area contributed by atoms with Crippen molar-refractivity contribution in [3.05, 3.63) is 29.3 Å². The van der Waals surface area contributed by atoms with Crippen molar-refractivity contribution in [1.82, 2.24) is 4.90 Å². The smallest absolute Gasteiger partial charge is 0.0637 e. The van der Waals surface area contributed by atoms with Crippen LogP contribution in [-0.2, 0) is 0 Å². The fourth-order valence-electron chi connectivity index (χ4n) is 2.11. The van der Waals surface area contributed by atoms with Crippen molar-refractivity contribution in [3.8, 4) is 0 Å². The number of para-hydroxylation sites is 1. The Morgan fingerprint density at radius 3 is 2.76 bits per heavy atom. The molecular formula is C14H21ClN2. The molecule has 1 aliphatic carbocycles. The molecule has 1 aliphatic rings. The fourth-order valence-corrected chi connectivity index (χ4v) is 2.32. The zero-order chi connectivity index (χ0) is 12.3. The van der Waals surface area contributed by atoms with Gasteiger partial charge in [0.25, 0.3) is 0 Å². The lowest BCUT2D eigenvalue weighted by atomic mass is 10.2. The molecule has 1 N–H and O–H groups in total. The van der Waals surface area contributed by atoms with E-state index in [-0.39, 0.29) is 0 Å². The Hall–Kier alpha value is -0.730. The molecule has 1 saturated carbocycles. The zero-order valence-electron chi connectivity index (χ0n) is 10.6. The van der Waals surface area contributed by atoms with Gasteiger partial charge in [-0.05, 0) is 44.9 Å². The van der Waals surface area contributed by atoms with Crippen LogP contribution in [0.3, 0.4) is 0 Å². The van der Waals surface area contributed by atoms with Gasteiger partial charge in [-0.25, -0.2) is 0 Å². The summed E-state index contributed by atoms with van der Waals surface area (Å²) in [6, 6.07) is 8.61. The van der Waals surface area contributed by atoms with Crippen LogP contribution in [0.25, 0.3) is 0 Å². The molecule has 0 heterocycles. The first-order chi connectivity index (χ1) is 8.18. The highest BCUT2D eigenvalue weighted by Gasteiger charge is 2.29. The maximum absolute atomic E-state index is 6.09. The molecule has 0 spiro atoms. The summed E-state index contributed by atoms with van der Waals surface area (Å²) in [7, 11) is 2.21. The molecule has 1 aromatic rings. The van der Waals surface area contributed by atoms with E-state index in [4.69, 9.17) is 11.6 Å². The minimum atomic E-state index is 0.711. The monoisotopic (exact) mass is 252 g/mol. The second-order valence-corrected chi connectivity index (χ2v) is 5.37. The van der Waals surface area contributed by atoms with E-state index in [0.29, 0.717) is 6.04 Å². The summed E-state index contributed by atoms with van der Waals surface area (Å²) in [6.45, 7) is 4.33. The van der Waals surface area contributed by atoms with Gasteiger partial charge in [0.05, 0.1) is 10.7 Å². The lowest BCUT2D eigenvalue weighted by molar-refractivity contribution is 0.243. The molecule has 3 heteroatoms. The number of halogens is 1. The summed E-state index contributed by atoms with van der Waals surface area (Å²) in [5, 5.41) is 4.18. The molecule has 0 aromatic heterocycles. The number of anilines is 1. The second kappa shape index (κ2) is 5.74. The molecule has 0 radical (unpaired) electrons. The van der Waals surface area contributed by atoms with E-state index in [1.807, 2.05) is 24.3 Å². The summed E-state index contributed by atoms with van der Waals surface area (Å²) < 4.78 is 0. The topological polar surface area (TPSA) is 15.3 Å². The van der Waals surface area contributed by atoms with Gasteiger partial charge in [0, 0.05) is 19.1 Å². The normalized spacial score (nSPS) is 17.2. The molecule has 1 unspecified atom stereocenters. The van der Waals surface area contributed by atoms with E-state index < -0.39 is 0 Å². The Balaban J connectivity index is 1.73. The molecule has 94 valence electrons. The van der Waals surface area contributed by atoms with E-state index in [0.717, 1.165) is 29.7 Å². The molecular weight excluding hydrogens is 232 g/mol. The van der Waals surface area contributed by atoms with Gasteiger partial charge in [0.1, 0.15) is 0 Å². The van der Waals surface area contributed by atoms with Gasteiger partial charge >= 0.3 is 0 Å². The minimum absolute atomic E-state index is 0.711. The van der Waals surface area contributed by atoms with Crippen molar-refractivity contribution >= 4 is 17.3 Å². The highest BCUT2D eigenvalue weighted by atomic mass is 35.5. The predicted octanol–water partition coefficient (Wildman–Crippen LogP) is 3.48. The Morgan fingerprint density at radius 1 is 1.41 bits per heavy atom. The van der Waals surface area contributed by atoms with Gasteiger partial charge < -0.3 is 10.2 Å². The van der Waals surface area contributed by atoms with E-state index in [1.54, 1.807) is 0 Å². The molecule has 1 atom stereocenters. The van der Waals surface area contributed by atoms with Crippen LogP contribution in [-0.4, -0.2) is 31.1 Å². The molecule has 2 nitrogen and oxygen atoms in total. The van der Waals surface area contributed by atoms with Crippen molar-refractivity contribution in [2.45, 2.75) is 25.8 Å². The second-order valence-electron chi connectivity index (χ2n) is 4.97. The minimum Gasteiger partial charge on any atom is -0.383 e. The Kier molecular flexibility index (Phi) is 4.30. The number of benzene rings is 1. The highest BCUT2D eigenvalue weighted by molar-refractivity contribution is 6.33. The van der Waals surface area contributed by atoms with Crippen LogP contribution in [0, 0.1) is 5.92 Å². The van der Waals surface area contributed by atoms with Crippen molar-refractivity contribution in [2.24, 2.45) is 5.92 Å². The van der Waals surface area contributed by atoms with Crippen LogP contribution in [0.15, 0.2) is 24.3 Å². The first-order valence-corrected chi connectivity index (χ1v) is 6.75. The third-order valence-electron chi connectivity index (χ3n) is 3.65. The molecule has 0 amide bonds. The Bertz CT molecular complexity index is 363. The molecule has 0 aliphatic heterocycles. The van der Waals surface area contributed by atoms with Gasteiger partial charge in [0.2, 0.25) is 0 Å². The quantitative estimate of drug-likeness (QED) is 0.834. The van der Waals surface area contributed by atoms with Gasteiger partial charge in [0.15, 0.2) is 0 Å². The van der Waals surface area contributed by atoms with Crippen LogP contribution in [0.1, 0.15) is 19.8 Å². The van der Waals surface area contributed by atoms with E-state index in [1.165, 1.54) is 12.8 Å². The number of likely N-dealkylation sites (N-methyl/N-ethyl adjacent to an activating group) is 1. The SMILES string of the molecule is CC(C1CC1)N(C)CCNc1ccccc1Cl. The summed E-state index contributed by atoms with van der Waals surface area (Å²) >= 11 is 6.09. The first kappa shape index (κ1) is 12.7. The Labute approximate surface area is 109 Å². The van der Waals surface area contributed by atoms with Crippen LogP contribution in [0.2, 0.25) is 5.02 Å². The van der Waals surface area contributed by atoms with Crippen LogP contribution in [0.4, 0.5) is 5.69 Å². The maximum Gasteiger partial charge on any atom is 0.0637 e. The molecule has 1 aromatic carbocycles. The molecule has 0 bridgehead atoms. The van der Waals surface area contributed by atoms with Crippen LogP contribution >= 0.6 is 11.6 Å². The average Bonchev–Trinajstić information content (AvgIpc) is 3.14. The summed E-state index contributed by atoms with van der Waals surface area (Å²) in [5.74, 6) is 0.931. The molecule has 0 saturated heterocycles. The fraction of sp³-hybridized carbons (Fsp3) is 0.571. The summed E-state index contributed by atoms with van der Waals surface area (Å²) in [5.41, 5.74) is 1.03. The third kappa shape index (κ3) is 3.62. The number of nitrogens with zero attached hydrogens (tertiary/aromatic N) is 1. The third-order valence-corrected chi connectivity index (χ3v) is 3.98. The molecule has 1 fully saturated rings. The van der Waals surface area contributed by atoms with Crippen molar-refractivity contribution in [1.29, 1.82) is 0 Å². The molecule has 2 rings (SSSR count). The van der Waals surface area contributed by atoms with E-state index in [9.17, 15) is 0 Å². The van der Waals surface area contributed by atoms with E-state index >= 15 is 0 Å². The summed E-state index contributed by atoms with van der Waals surface area (Å²) in [6.07, 6.45) is 2.81. The van der Waals surface area contributed by atoms with Crippen LogP contribution < -0.4 is 5.32 Å². The highest BCUT2D eigenvalue weighted by Crippen LogP contribution is 2.34. The lowest BCUT2D eigenvalue weighted by Crippen LogP contribution is -2.34. The van der Waals surface area contributed by atoms with Gasteiger partial charge in [-0.2, -0.15) is 0 Å². The van der Waals surface area contributed by atoms with Crippen molar-refractivity contribution < 1.29 is 0 Å². The van der Waals surface area contributed by atoms with E-state index in [2.05, 4.69) is 24.2 Å². The van der Waals surface area contributed by atoms with Gasteiger partial charge in [-0.3, -0.25) is 0 Å². The van der Waals surface area contributed by atoms with Crippen molar-refractivity contribution in [2.75, 3.05) is 25.5 Å². The van der Waals surface area contributed by atoms with Crippen LogP contribution in [0.5, 0.6) is 0 Å². The largest absolute Gasteiger partial charge is 0.383 e. The predicted molar refractivity (Wildman–Crippen MR) is 74.8 cm³/mol. The number of rotatable bonds is 6. The van der Waals surface area contributed by atoms with Gasteiger partial charge in [-0.1, -0.05) is 23.7 Å². The Morgan fingerprint density at radius 2 is 2.12 bits per heavy atom. The molecule has 17 heavy (non-hydrogen) atoms. The zero-order valence-corrected chi connectivity index (χ0v) is 11.4.